The smallest absolute Gasteiger partial charge is 0.376 e. The molecule has 2 fully saturated rings. The van der Waals surface area contributed by atoms with E-state index >= 15 is 0 Å². The zero-order chi connectivity index (χ0) is 32.1. The molecule has 0 saturated carbocycles. The van der Waals surface area contributed by atoms with Gasteiger partial charge in [-0.25, -0.2) is 9.59 Å². The first-order valence-electron chi connectivity index (χ1n) is 15.3. The average Bonchev–Trinajstić information content (AvgIpc) is 3.16. The number of aromatic amines is 1. The monoisotopic (exact) mass is 647 g/mol. The SMILES string of the molecule is CCOC(=O)C1CN(c2nc(NC3CCC(C(F)(F)C(=O)O)NC3)c(C3=CCC(C)c4ccccc4S3)c(=O)[nH]2)CCCCO1. The van der Waals surface area contributed by atoms with Crippen LogP contribution in [0.5, 0.6) is 0 Å². The molecule has 3 aliphatic rings. The highest BCUT2D eigenvalue weighted by atomic mass is 32.2. The van der Waals surface area contributed by atoms with Crippen molar-refractivity contribution in [3.8, 4) is 0 Å². The third-order valence-corrected chi connectivity index (χ3v) is 9.52. The molecule has 2 saturated heterocycles. The molecule has 4 atom stereocenters. The zero-order valence-electron chi connectivity index (χ0n) is 25.3. The third-order valence-electron chi connectivity index (χ3n) is 8.33. The summed E-state index contributed by atoms with van der Waals surface area (Å²) in [7, 11) is 0. The number of alkyl halides is 2. The largest absolute Gasteiger partial charge is 0.477 e. The van der Waals surface area contributed by atoms with Crippen molar-refractivity contribution < 1.29 is 33.0 Å². The van der Waals surface area contributed by atoms with Gasteiger partial charge in [-0.15, -0.1) is 0 Å². The molecule has 5 rings (SSSR count). The quantitative estimate of drug-likeness (QED) is 0.306. The number of hydrogen-bond donors (Lipinski definition) is 4. The first kappa shape index (κ1) is 32.9. The van der Waals surface area contributed by atoms with Gasteiger partial charge in [0.1, 0.15) is 5.82 Å². The van der Waals surface area contributed by atoms with Gasteiger partial charge in [0.25, 0.3) is 5.56 Å². The van der Waals surface area contributed by atoms with Crippen LogP contribution in [0.4, 0.5) is 20.5 Å². The van der Waals surface area contributed by atoms with Crippen LogP contribution in [0.15, 0.2) is 40.0 Å². The lowest BCUT2D eigenvalue weighted by Gasteiger charge is -2.34. The lowest BCUT2D eigenvalue weighted by molar-refractivity contribution is -0.170. The molecule has 14 heteroatoms. The van der Waals surface area contributed by atoms with Gasteiger partial charge in [-0.3, -0.25) is 9.78 Å². The number of nitrogens with one attached hydrogen (secondary N) is 3. The van der Waals surface area contributed by atoms with Crippen molar-refractivity contribution in [1.29, 1.82) is 0 Å². The van der Waals surface area contributed by atoms with Crippen molar-refractivity contribution in [3.63, 3.8) is 0 Å². The molecular weight excluding hydrogens is 608 g/mol. The van der Waals surface area contributed by atoms with Crippen LogP contribution in [0.3, 0.4) is 0 Å². The predicted octanol–water partition coefficient (Wildman–Crippen LogP) is 4.21. The normalized spacial score (nSPS) is 24.4. The van der Waals surface area contributed by atoms with Gasteiger partial charge in [0, 0.05) is 35.5 Å². The second kappa shape index (κ2) is 14.3. The highest BCUT2D eigenvalue weighted by molar-refractivity contribution is 8.08. The number of rotatable bonds is 8. The first-order valence-corrected chi connectivity index (χ1v) is 16.2. The number of fused-ring (bicyclic) bond motifs is 1. The standard InChI is InChI=1S/C31H39F2N5O6S/c1-3-43-28(40)21-17-38(14-6-7-15-44-21)30-36-26(35-19-11-13-24(34-16-19)31(32,33)29(41)42)25(27(39)37-30)23-12-10-18(2)20-8-4-5-9-22(20)45-23/h4-5,8-9,12,18-19,21,24,34H,3,6-7,10-11,13-17H2,1-2H3,(H,41,42)(H2,35,36,37,39). The Hall–Kier alpha value is -3.49. The molecule has 244 valence electrons. The summed E-state index contributed by atoms with van der Waals surface area (Å²) in [6.07, 6.45) is 3.45. The summed E-state index contributed by atoms with van der Waals surface area (Å²) >= 11 is 1.48. The number of benzene rings is 1. The van der Waals surface area contributed by atoms with Crippen LogP contribution in [0.1, 0.15) is 63.0 Å². The van der Waals surface area contributed by atoms with Crippen molar-refractivity contribution >= 4 is 40.4 Å². The molecular formula is C31H39F2N5O6S. The van der Waals surface area contributed by atoms with Crippen LogP contribution < -0.4 is 21.1 Å². The van der Waals surface area contributed by atoms with Gasteiger partial charge in [-0.05, 0) is 56.6 Å². The van der Waals surface area contributed by atoms with Gasteiger partial charge in [-0.1, -0.05) is 43.0 Å². The fraction of sp³-hybridized carbons (Fsp3) is 0.548. The van der Waals surface area contributed by atoms with E-state index in [2.05, 4.69) is 28.6 Å². The van der Waals surface area contributed by atoms with Crippen LogP contribution in [0, 0.1) is 0 Å². The van der Waals surface area contributed by atoms with Gasteiger partial charge in [0.15, 0.2) is 6.10 Å². The summed E-state index contributed by atoms with van der Waals surface area (Å²) < 4.78 is 39.4. The van der Waals surface area contributed by atoms with Crippen molar-refractivity contribution in [3.05, 3.63) is 51.8 Å². The minimum Gasteiger partial charge on any atom is -0.477 e. The highest BCUT2D eigenvalue weighted by Crippen LogP contribution is 2.44. The molecule has 1 aromatic carbocycles. The number of carbonyl (C=O) groups excluding carboxylic acids is 1. The molecule has 0 radical (unpaired) electrons. The Labute approximate surface area is 264 Å². The Bertz CT molecular complexity index is 1480. The Balaban J connectivity index is 1.49. The number of carbonyl (C=O) groups is 2. The van der Waals surface area contributed by atoms with E-state index in [0.29, 0.717) is 36.5 Å². The van der Waals surface area contributed by atoms with E-state index in [9.17, 15) is 23.2 Å². The number of carboxylic acid groups (broad SMARTS) is 1. The van der Waals surface area contributed by atoms with Crippen LogP contribution in [-0.4, -0.2) is 84.0 Å². The average molecular weight is 648 g/mol. The molecule has 4 N–H and O–H groups in total. The molecule has 4 unspecified atom stereocenters. The number of aromatic nitrogens is 2. The van der Waals surface area contributed by atoms with Gasteiger partial charge >= 0.3 is 17.9 Å². The van der Waals surface area contributed by atoms with Crippen LogP contribution in [-0.2, 0) is 19.1 Å². The number of hydrogen-bond acceptors (Lipinski definition) is 10. The second-order valence-corrected chi connectivity index (χ2v) is 12.6. The van der Waals surface area contributed by atoms with Gasteiger partial charge < -0.3 is 30.1 Å². The first-order chi connectivity index (χ1) is 21.6. The number of halogens is 2. The number of nitrogens with zero attached hydrogens (tertiary/aromatic N) is 2. The Kier molecular flexibility index (Phi) is 10.4. The highest BCUT2D eigenvalue weighted by Gasteiger charge is 2.48. The fourth-order valence-electron chi connectivity index (χ4n) is 5.82. The summed E-state index contributed by atoms with van der Waals surface area (Å²) in [5.74, 6) is -5.80. The molecule has 0 spiro atoms. The number of anilines is 2. The number of thioether (sulfide) groups is 1. The topological polar surface area (TPSA) is 146 Å². The van der Waals surface area contributed by atoms with Gasteiger partial charge in [-0.2, -0.15) is 13.8 Å². The summed E-state index contributed by atoms with van der Waals surface area (Å²) in [5.41, 5.74) is 1.12. The Morgan fingerprint density at radius 2 is 2.07 bits per heavy atom. The van der Waals surface area contributed by atoms with Gasteiger partial charge in [0.05, 0.1) is 24.8 Å². The minimum absolute atomic E-state index is 0.0470. The number of aliphatic carboxylic acids is 1. The van der Waals surface area contributed by atoms with Crippen molar-refractivity contribution in [2.75, 3.05) is 43.1 Å². The molecule has 0 amide bonds. The lowest BCUT2D eigenvalue weighted by Crippen LogP contribution is -2.56. The Morgan fingerprint density at radius 3 is 2.80 bits per heavy atom. The molecule has 4 heterocycles. The molecule has 2 aromatic rings. The molecule has 3 aliphatic heterocycles. The number of ether oxygens (including phenoxy) is 2. The summed E-state index contributed by atoms with van der Waals surface area (Å²) in [4.78, 5) is 49.0. The lowest BCUT2D eigenvalue weighted by atomic mass is 9.96. The van der Waals surface area contributed by atoms with E-state index in [1.165, 1.54) is 17.3 Å². The zero-order valence-corrected chi connectivity index (χ0v) is 26.1. The molecule has 0 bridgehead atoms. The number of carboxylic acids is 1. The van der Waals surface area contributed by atoms with Crippen molar-refractivity contribution in [2.45, 2.75) is 80.9 Å². The molecule has 45 heavy (non-hydrogen) atoms. The summed E-state index contributed by atoms with van der Waals surface area (Å²) in [6, 6.07) is 6.13. The van der Waals surface area contributed by atoms with E-state index in [0.717, 1.165) is 11.3 Å². The van der Waals surface area contributed by atoms with Crippen molar-refractivity contribution in [1.82, 2.24) is 15.3 Å². The molecule has 11 nitrogen and oxygen atoms in total. The summed E-state index contributed by atoms with van der Waals surface area (Å²) in [6.45, 7) is 5.16. The summed E-state index contributed by atoms with van der Waals surface area (Å²) in [5, 5.41) is 15.0. The molecule has 1 aromatic heterocycles. The van der Waals surface area contributed by atoms with E-state index < -0.39 is 36.0 Å². The van der Waals surface area contributed by atoms with Crippen LogP contribution in [0.25, 0.3) is 4.91 Å². The maximum atomic E-state index is 14.2. The number of allylic oxidation sites excluding steroid dienone is 1. The third kappa shape index (κ3) is 7.50. The van der Waals surface area contributed by atoms with Crippen LogP contribution >= 0.6 is 11.8 Å². The van der Waals surface area contributed by atoms with E-state index in [4.69, 9.17) is 19.6 Å². The maximum Gasteiger partial charge on any atom is 0.376 e. The van der Waals surface area contributed by atoms with Crippen LogP contribution in [0.2, 0.25) is 0 Å². The number of H-pyrrole nitrogens is 1. The second-order valence-electron chi connectivity index (χ2n) is 11.5. The number of piperidine rings is 1. The maximum absolute atomic E-state index is 14.2. The number of esters is 1. The predicted molar refractivity (Wildman–Crippen MR) is 167 cm³/mol. The van der Waals surface area contributed by atoms with Crippen molar-refractivity contribution in [2.24, 2.45) is 0 Å². The minimum atomic E-state index is -3.90. The molecule has 0 aliphatic carbocycles. The van der Waals surface area contributed by atoms with E-state index in [1.807, 2.05) is 24.3 Å². The van der Waals surface area contributed by atoms with Gasteiger partial charge in [0.2, 0.25) is 5.95 Å². The fourth-order valence-corrected chi connectivity index (χ4v) is 7.07. The van der Waals surface area contributed by atoms with E-state index in [1.54, 1.807) is 11.8 Å². The van der Waals surface area contributed by atoms with E-state index in [-0.39, 0.29) is 55.8 Å². The Morgan fingerprint density at radius 1 is 1.27 bits per heavy atom.